The van der Waals surface area contributed by atoms with Crippen LogP contribution in [-0.4, -0.2) is 9.97 Å². The average molecular weight is 248 g/mol. The topological polar surface area (TPSA) is 37.8 Å². The third-order valence-electron chi connectivity index (χ3n) is 2.47. The summed E-state index contributed by atoms with van der Waals surface area (Å²) in [5, 5.41) is 3.54. The molecule has 88 valence electrons. The van der Waals surface area contributed by atoms with E-state index in [9.17, 15) is 0 Å². The summed E-state index contributed by atoms with van der Waals surface area (Å²) >= 11 is 5.94. The largest absolute Gasteiger partial charge is 0.338 e. The van der Waals surface area contributed by atoms with Gasteiger partial charge in [-0.1, -0.05) is 37.6 Å². The summed E-state index contributed by atoms with van der Waals surface area (Å²) in [5.74, 6) is 1.07. The average Bonchev–Trinajstić information content (AvgIpc) is 2.32. The van der Waals surface area contributed by atoms with Crippen molar-refractivity contribution in [3.8, 4) is 0 Å². The Kier molecular flexibility index (Phi) is 3.59. The zero-order chi connectivity index (χ0) is 12.3. The maximum absolute atomic E-state index is 5.94. The van der Waals surface area contributed by atoms with E-state index in [1.54, 1.807) is 12.4 Å². The Labute approximate surface area is 106 Å². The van der Waals surface area contributed by atoms with Crippen molar-refractivity contribution in [2.24, 2.45) is 0 Å². The Balaban J connectivity index is 2.25. The molecular weight excluding hydrogens is 234 g/mol. The number of benzene rings is 1. The van der Waals surface area contributed by atoms with E-state index in [0.717, 1.165) is 5.69 Å². The van der Waals surface area contributed by atoms with E-state index in [1.165, 1.54) is 5.56 Å². The maximum atomic E-state index is 5.94. The molecule has 2 aromatic rings. The molecule has 0 fully saturated rings. The van der Waals surface area contributed by atoms with Gasteiger partial charge in [0.15, 0.2) is 11.0 Å². The molecule has 0 saturated heterocycles. The van der Waals surface area contributed by atoms with Crippen molar-refractivity contribution in [1.82, 2.24) is 9.97 Å². The molecule has 0 unspecified atom stereocenters. The fraction of sp³-hybridized carbons (Fsp3) is 0.231. The number of aromatic nitrogens is 2. The SMILES string of the molecule is CC(C)c1cccc(Nc2nccnc2Cl)c1. The van der Waals surface area contributed by atoms with Crippen molar-refractivity contribution < 1.29 is 0 Å². The van der Waals surface area contributed by atoms with Crippen LogP contribution < -0.4 is 5.32 Å². The summed E-state index contributed by atoms with van der Waals surface area (Å²) in [7, 11) is 0. The van der Waals surface area contributed by atoms with E-state index >= 15 is 0 Å². The van der Waals surface area contributed by atoms with Crippen LogP contribution in [0.1, 0.15) is 25.3 Å². The van der Waals surface area contributed by atoms with Gasteiger partial charge in [0.05, 0.1) is 0 Å². The van der Waals surface area contributed by atoms with Crippen molar-refractivity contribution in [3.05, 3.63) is 47.4 Å². The third-order valence-corrected chi connectivity index (χ3v) is 2.75. The zero-order valence-corrected chi connectivity index (χ0v) is 10.6. The highest BCUT2D eigenvalue weighted by molar-refractivity contribution is 6.31. The summed E-state index contributed by atoms with van der Waals surface area (Å²) in [6, 6.07) is 8.20. The van der Waals surface area contributed by atoms with Crippen LogP contribution in [0, 0.1) is 0 Å². The van der Waals surface area contributed by atoms with Crippen molar-refractivity contribution in [3.63, 3.8) is 0 Å². The molecule has 0 amide bonds. The first-order valence-electron chi connectivity index (χ1n) is 5.50. The van der Waals surface area contributed by atoms with Crippen LogP contribution in [0.2, 0.25) is 5.15 Å². The van der Waals surface area contributed by atoms with E-state index in [2.05, 4.69) is 41.3 Å². The Morgan fingerprint density at radius 3 is 2.65 bits per heavy atom. The Bertz CT molecular complexity index is 512. The quantitative estimate of drug-likeness (QED) is 0.891. The summed E-state index contributed by atoms with van der Waals surface area (Å²) < 4.78 is 0. The van der Waals surface area contributed by atoms with Crippen molar-refractivity contribution >= 4 is 23.1 Å². The monoisotopic (exact) mass is 247 g/mol. The third kappa shape index (κ3) is 2.94. The van der Waals surface area contributed by atoms with Crippen molar-refractivity contribution in [2.45, 2.75) is 19.8 Å². The number of halogens is 1. The highest BCUT2D eigenvalue weighted by Crippen LogP contribution is 2.23. The molecule has 17 heavy (non-hydrogen) atoms. The second kappa shape index (κ2) is 5.15. The first-order chi connectivity index (χ1) is 8.16. The first kappa shape index (κ1) is 11.9. The lowest BCUT2D eigenvalue weighted by atomic mass is 10.0. The van der Waals surface area contributed by atoms with Gasteiger partial charge in [0.1, 0.15) is 0 Å². The van der Waals surface area contributed by atoms with Crippen molar-refractivity contribution in [2.75, 3.05) is 5.32 Å². The predicted molar refractivity (Wildman–Crippen MR) is 70.9 cm³/mol. The van der Waals surface area contributed by atoms with Crippen LogP contribution in [0.4, 0.5) is 11.5 Å². The lowest BCUT2D eigenvalue weighted by Crippen LogP contribution is -1.96. The number of anilines is 2. The van der Waals surface area contributed by atoms with Gasteiger partial charge < -0.3 is 5.32 Å². The van der Waals surface area contributed by atoms with E-state index in [4.69, 9.17) is 11.6 Å². The molecule has 4 heteroatoms. The molecule has 0 radical (unpaired) electrons. The minimum Gasteiger partial charge on any atom is -0.338 e. The van der Waals surface area contributed by atoms with E-state index in [1.807, 2.05) is 12.1 Å². The second-order valence-corrected chi connectivity index (χ2v) is 4.46. The summed E-state index contributed by atoms with van der Waals surface area (Å²) in [4.78, 5) is 8.12. The standard InChI is InChI=1S/C13H14ClN3/c1-9(2)10-4-3-5-11(8-10)17-13-12(14)15-6-7-16-13/h3-9H,1-2H3,(H,16,17). The molecule has 0 bridgehead atoms. The van der Waals surface area contributed by atoms with Crippen molar-refractivity contribution in [1.29, 1.82) is 0 Å². The van der Waals surface area contributed by atoms with Gasteiger partial charge in [-0.3, -0.25) is 0 Å². The highest BCUT2D eigenvalue weighted by Gasteiger charge is 2.04. The first-order valence-corrected chi connectivity index (χ1v) is 5.88. The molecule has 1 aromatic carbocycles. The molecular formula is C13H14ClN3. The smallest absolute Gasteiger partial charge is 0.171 e. The molecule has 0 aliphatic rings. The number of nitrogens with zero attached hydrogens (tertiary/aromatic N) is 2. The van der Waals surface area contributed by atoms with Crippen LogP contribution in [0.3, 0.4) is 0 Å². The Hall–Kier alpha value is -1.61. The molecule has 0 atom stereocenters. The molecule has 0 aliphatic heterocycles. The molecule has 3 nitrogen and oxygen atoms in total. The van der Waals surface area contributed by atoms with Crippen LogP contribution >= 0.6 is 11.6 Å². The maximum Gasteiger partial charge on any atom is 0.171 e. The molecule has 0 saturated carbocycles. The van der Waals surface area contributed by atoms with E-state index in [0.29, 0.717) is 16.9 Å². The van der Waals surface area contributed by atoms with Gasteiger partial charge in [0.2, 0.25) is 0 Å². The van der Waals surface area contributed by atoms with Gasteiger partial charge in [0.25, 0.3) is 0 Å². The fourth-order valence-corrected chi connectivity index (χ4v) is 1.67. The predicted octanol–water partition coefficient (Wildman–Crippen LogP) is 4.00. The fourth-order valence-electron chi connectivity index (χ4n) is 1.52. The van der Waals surface area contributed by atoms with Crippen LogP contribution in [0.5, 0.6) is 0 Å². The molecule has 1 heterocycles. The van der Waals surface area contributed by atoms with Gasteiger partial charge in [-0.25, -0.2) is 9.97 Å². The summed E-state index contributed by atoms with van der Waals surface area (Å²) in [5.41, 5.74) is 2.24. The molecule has 1 N–H and O–H groups in total. The van der Waals surface area contributed by atoms with Gasteiger partial charge in [-0.05, 0) is 23.6 Å². The van der Waals surface area contributed by atoms with Gasteiger partial charge in [-0.2, -0.15) is 0 Å². The molecule has 0 spiro atoms. The number of hydrogen-bond donors (Lipinski definition) is 1. The van der Waals surface area contributed by atoms with Crippen LogP contribution in [0.15, 0.2) is 36.7 Å². The minimum absolute atomic E-state index is 0.377. The van der Waals surface area contributed by atoms with Gasteiger partial charge in [-0.15, -0.1) is 0 Å². The van der Waals surface area contributed by atoms with Gasteiger partial charge >= 0.3 is 0 Å². The van der Waals surface area contributed by atoms with E-state index < -0.39 is 0 Å². The summed E-state index contributed by atoms with van der Waals surface area (Å²) in [6.07, 6.45) is 3.18. The Morgan fingerprint density at radius 1 is 1.18 bits per heavy atom. The zero-order valence-electron chi connectivity index (χ0n) is 9.81. The lowest BCUT2D eigenvalue weighted by Gasteiger charge is -2.10. The lowest BCUT2D eigenvalue weighted by molar-refractivity contribution is 0.867. The number of hydrogen-bond acceptors (Lipinski definition) is 3. The van der Waals surface area contributed by atoms with Gasteiger partial charge in [0, 0.05) is 18.1 Å². The Morgan fingerprint density at radius 2 is 1.94 bits per heavy atom. The van der Waals surface area contributed by atoms with E-state index in [-0.39, 0.29) is 0 Å². The number of rotatable bonds is 3. The summed E-state index contributed by atoms with van der Waals surface area (Å²) in [6.45, 7) is 4.32. The minimum atomic E-state index is 0.377. The highest BCUT2D eigenvalue weighted by atomic mass is 35.5. The molecule has 2 rings (SSSR count). The normalized spacial score (nSPS) is 10.6. The molecule has 0 aliphatic carbocycles. The van der Waals surface area contributed by atoms with Crippen LogP contribution in [0.25, 0.3) is 0 Å². The number of nitrogens with one attached hydrogen (secondary N) is 1. The second-order valence-electron chi connectivity index (χ2n) is 4.10. The van der Waals surface area contributed by atoms with Crippen LogP contribution in [-0.2, 0) is 0 Å². The molecule has 1 aromatic heterocycles.